The SMILES string of the molecule is Cc1ccc(NCCCN)c(N)c1. The summed E-state index contributed by atoms with van der Waals surface area (Å²) in [6.07, 6.45) is 0.966. The molecule has 13 heavy (non-hydrogen) atoms. The van der Waals surface area contributed by atoms with Crippen LogP contribution in [0.4, 0.5) is 11.4 Å². The molecule has 0 heterocycles. The van der Waals surface area contributed by atoms with Crippen LogP contribution in [0.3, 0.4) is 0 Å². The van der Waals surface area contributed by atoms with E-state index in [9.17, 15) is 0 Å². The van der Waals surface area contributed by atoms with Gasteiger partial charge in [-0.1, -0.05) is 6.07 Å². The number of hydrogen-bond acceptors (Lipinski definition) is 3. The van der Waals surface area contributed by atoms with Crippen molar-refractivity contribution in [2.24, 2.45) is 5.73 Å². The molecule has 1 aromatic carbocycles. The molecule has 1 rings (SSSR count). The molecule has 0 aliphatic rings. The minimum absolute atomic E-state index is 0.707. The van der Waals surface area contributed by atoms with Crippen molar-refractivity contribution in [3.05, 3.63) is 23.8 Å². The molecule has 0 aromatic heterocycles. The van der Waals surface area contributed by atoms with Gasteiger partial charge in [-0.3, -0.25) is 0 Å². The smallest absolute Gasteiger partial charge is 0.0574 e. The quantitative estimate of drug-likeness (QED) is 0.482. The third kappa shape index (κ3) is 2.95. The maximum absolute atomic E-state index is 5.81. The Labute approximate surface area is 79.1 Å². The van der Waals surface area contributed by atoms with E-state index in [4.69, 9.17) is 11.5 Å². The molecular weight excluding hydrogens is 162 g/mol. The lowest BCUT2D eigenvalue weighted by Crippen LogP contribution is -2.09. The second kappa shape index (κ2) is 4.72. The van der Waals surface area contributed by atoms with E-state index in [0.717, 1.165) is 24.3 Å². The van der Waals surface area contributed by atoms with Crippen molar-refractivity contribution in [2.75, 3.05) is 24.1 Å². The van der Waals surface area contributed by atoms with Gasteiger partial charge in [0.1, 0.15) is 0 Å². The maximum Gasteiger partial charge on any atom is 0.0574 e. The topological polar surface area (TPSA) is 64.1 Å². The summed E-state index contributed by atoms with van der Waals surface area (Å²) in [5.74, 6) is 0. The highest BCUT2D eigenvalue weighted by Gasteiger charge is 1.96. The van der Waals surface area contributed by atoms with Crippen LogP contribution in [0.15, 0.2) is 18.2 Å². The number of hydrogen-bond donors (Lipinski definition) is 3. The van der Waals surface area contributed by atoms with Gasteiger partial charge in [0.15, 0.2) is 0 Å². The molecule has 72 valence electrons. The number of benzene rings is 1. The normalized spacial score (nSPS) is 10.0. The van der Waals surface area contributed by atoms with Crippen molar-refractivity contribution >= 4 is 11.4 Å². The van der Waals surface area contributed by atoms with E-state index < -0.39 is 0 Å². The van der Waals surface area contributed by atoms with Gasteiger partial charge in [-0.15, -0.1) is 0 Å². The van der Waals surface area contributed by atoms with E-state index in [1.807, 2.05) is 25.1 Å². The van der Waals surface area contributed by atoms with Gasteiger partial charge >= 0.3 is 0 Å². The van der Waals surface area contributed by atoms with Gasteiger partial charge in [0, 0.05) is 6.54 Å². The molecule has 0 radical (unpaired) electrons. The first-order valence-electron chi connectivity index (χ1n) is 4.54. The molecular formula is C10H17N3. The van der Waals surface area contributed by atoms with Crippen molar-refractivity contribution < 1.29 is 0 Å². The first kappa shape index (κ1) is 9.86. The van der Waals surface area contributed by atoms with E-state index in [-0.39, 0.29) is 0 Å². The lowest BCUT2D eigenvalue weighted by atomic mass is 10.2. The first-order valence-corrected chi connectivity index (χ1v) is 4.54. The Kier molecular flexibility index (Phi) is 3.58. The second-order valence-electron chi connectivity index (χ2n) is 3.16. The second-order valence-corrected chi connectivity index (χ2v) is 3.16. The van der Waals surface area contributed by atoms with Crippen LogP contribution in [-0.2, 0) is 0 Å². The molecule has 5 N–H and O–H groups in total. The Morgan fingerprint density at radius 2 is 2.15 bits per heavy atom. The highest BCUT2D eigenvalue weighted by Crippen LogP contribution is 2.18. The molecule has 0 atom stereocenters. The standard InChI is InChI=1S/C10H17N3/c1-8-3-4-10(9(12)7-8)13-6-2-5-11/h3-4,7,13H,2,5-6,11-12H2,1H3. The fourth-order valence-electron chi connectivity index (χ4n) is 1.17. The fraction of sp³-hybridized carbons (Fsp3) is 0.400. The summed E-state index contributed by atoms with van der Waals surface area (Å²) in [4.78, 5) is 0. The van der Waals surface area contributed by atoms with Crippen LogP contribution in [0.25, 0.3) is 0 Å². The lowest BCUT2D eigenvalue weighted by molar-refractivity contribution is 0.874. The van der Waals surface area contributed by atoms with Crippen molar-refractivity contribution in [3.63, 3.8) is 0 Å². The molecule has 0 saturated carbocycles. The van der Waals surface area contributed by atoms with Crippen molar-refractivity contribution in [1.82, 2.24) is 0 Å². The molecule has 0 amide bonds. The number of nitrogens with one attached hydrogen (secondary N) is 1. The summed E-state index contributed by atoms with van der Waals surface area (Å²) < 4.78 is 0. The molecule has 0 aliphatic carbocycles. The molecule has 3 heteroatoms. The van der Waals surface area contributed by atoms with E-state index in [0.29, 0.717) is 6.54 Å². The van der Waals surface area contributed by atoms with E-state index >= 15 is 0 Å². The van der Waals surface area contributed by atoms with Gasteiger partial charge in [-0.25, -0.2) is 0 Å². The average molecular weight is 179 g/mol. The molecule has 3 nitrogen and oxygen atoms in total. The fourth-order valence-corrected chi connectivity index (χ4v) is 1.17. The molecule has 0 aliphatic heterocycles. The molecule has 0 unspecified atom stereocenters. The summed E-state index contributed by atoms with van der Waals surface area (Å²) in [7, 11) is 0. The third-order valence-corrected chi connectivity index (χ3v) is 1.90. The van der Waals surface area contributed by atoms with Crippen molar-refractivity contribution in [3.8, 4) is 0 Å². The van der Waals surface area contributed by atoms with E-state index in [1.54, 1.807) is 0 Å². The first-order chi connectivity index (χ1) is 6.24. The highest BCUT2D eigenvalue weighted by molar-refractivity contribution is 5.66. The van der Waals surface area contributed by atoms with Crippen LogP contribution in [-0.4, -0.2) is 13.1 Å². The minimum atomic E-state index is 0.707. The Hall–Kier alpha value is -1.22. The molecule has 0 bridgehead atoms. The zero-order valence-electron chi connectivity index (χ0n) is 8.01. The Balaban J connectivity index is 2.56. The van der Waals surface area contributed by atoms with Crippen molar-refractivity contribution in [1.29, 1.82) is 0 Å². The highest BCUT2D eigenvalue weighted by atomic mass is 14.9. The predicted molar refractivity (Wildman–Crippen MR) is 57.8 cm³/mol. The van der Waals surface area contributed by atoms with Crippen LogP contribution in [0.5, 0.6) is 0 Å². The Bertz CT molecular complexity index is 271. The van der Waals surface area contributed by atoms with Gasteiger partial charge in [0.05, 0.1) is 11.4 Å². The van der Waals surface area contributed by atoms with Crippen molar-refractivity contribution in [2.45, 2.75) is 13.3 Å². The molecule has 0 spiro atoms. The van der Waals surface area contributed by atoms with Crippen LogP contribution in [0.1, 0.15) is 12.0 Å². The summed E-state index contributed by atoms with van der Waals surface area (Å²) >= 11 is 0. The number of nitrogen functional groups attached to an aromatic ring is 1. The largest absolute Gasteiger partial charge is 0.397 e. The summed E-state index contributed by atoms with van der Waals surface area (Å²) in [5, 5.41) is 3.24. The third-order valence-electron chi connectivity index (χ3n) is 1.90. The van der Waals surface area contributed by atoms with Crippen LogP contribution in [0, 0.1) is 6.92 Å². The van der Waals surface area contributed by atoms with Crippen LogP contribution >= 0.6 is 0 Å². The molecule has 0 saturated heterocycles. The van der Waals surface area contributed by atoms with Crippen LogP contribution in [0.2, 0.25) is 0 Å². The molecule has 0 fully saturated rings. The number of nitrogens with two attached hydrogens (primary N) is 2. The number of aryl methyl sites for hydroxylation is 1. The van der Waals surface area contributed by atoms with Gasteiger partial charge in [0.25, 0.3) is 0 Å². The summed E-state index contributed by atoms with van der Waals surface area (Å²) in [5.41, 5.74) is 14.2. The van der Waals surface area contributed by atoms with E-state index in [1.165, 1.54) is 5.56 Å². The van der Waals surface area contributed by atoms with Crippen LogP contribution < -0.4 is 16.8 Å². The van der Waals surface area contributed by atoms with Gasteiger partial charge in [-0.2, -0.15) is 0 Å². The van der Waals surface area contributed by atoms with Gasteiger partial charge < -0.3 is 16.8 Å². The van der Waals surface area contributed by atoms with Gasteiger partial charge in [0.2, 0.25) is 0 Å². The Morgan fingerprint density at radius 3 is 2.77 bits per heavy atom. The molecule has 1 aromatic rings. The minimum Gasteiger partial charge on any atom is -0.397 e. The summed E-state index contributed by atoms with van der Waals surface area (Å²) in [6, 6.07) is 6.01. The Morgan fingerprint density at radius 1 is 1.38 bits per heavy atom. The zero-order chi connectivity index (χ0) is 9.68. The number of anilines is 2. The monoisotopic (exact) mass is 179 g/mol. The zero-order valence-corrected chi connectivity index (χ0v) is 8.01. The predicted octanol–water partition coefficient (Wildman–Crippen LogP) is 1.34. The van der Waals surface area contributed by atoms with E-state index in [2.05, 4.69) is 5.32 Å². The summed E-state index contributed by atoms with van der Waals surface area (Å²) in [6.45, 7) is 3.61. The average Bonchev–Trinajstić information content (AvgIpc) is 2.09. The van der Waals surface area contributed by atoms with Gasteiger partial charge in [-0.05, 0) is 37.6 Å². The lowest BCUT2D eigenvalue weighted by Gasteiger charge is -2.08. The number of rotatable bonds is 4. The maximum atomic E-state index is 5.81.